The summed E-state index contributed by atoms with van der Waals surface area (Å²) in [6.45, 7) is 8.45. The van der Waals surface area contributed by atoms with E-state index in [1.165, 1.54) is 18.2 Å². The number of hydrogen-bond donors (Lipinski definition) is 0. The first-order valence-corrected chi connectivity index (χ1v) is 18.3. The smallest absolute Gasteiger partial charge is 0.340 e. The van der Waals surface area contributed by atoms with Crippen molar-refractivity contribution in [3.63, 3.8) is 0 Å². The molecule has 0 bridgehead atoms. The van der Waals surface area contributed by atoms with E-state index in [9.17, 15) is 24.0 Å². The van der Waals surface area contributed by atoms with Crippen molar-refractivity contribution < 1.29 is 52.4 Å². The van der Waals surface area contributed by atoms with Crippen LogP contribution in [0.5, 0.6) is 0 Å². The minimum absolute atomic E-state index is 0.143. The number of ether oxygens (including phenoxy) is 6. The summed E-state index contributed by atoms with van der Waals surface area (Å²) in [6.07, 6.45) is -8.15. The van der Waals surface area contributed by atoms with Gasteiger partial charge in [-0.2, -0.15) is 0 Å². The molecule has 0 spiro atoms. The Morgan fingerprint density at radius 2 is 0.737 bits per heavy atom. The highest BCUT2D eigenvalue weighted by Gasteiger charge is 2.54. The number of rotatable bonds is 11. The maximum absolute atomic E-state index is 14.0. The quantitative estimate of drug-likeness (QED) is 0.0967. The molecule has 0 aliphatic carbocycles. The highest BCUT2D eigenvalue weighted by Crippen LogP contribution is 2.32. The summed E-state index contributed by atoms with van der Waals surface area (Å²) in [6, 6.07) is 33.1. The summed E-state index contributed by atoms with van der Waals surface area (Å²) in [5.41, 5.74) is 4.72. The predicted molar refractivity (Wildman–Crippen MR) is 208 cm³/mol. The molecule has 1 heterocycles. The molecule has 5 atom stereocenters. The van der Waals surface area contributed by atoms with Crippen molar-refractivity contribution >= 4 is 29.8 Å². The zero-order valence-corrected chi connectivity index (χ0v) is 32.1. The van der Waals surface area contributed by atoms with E-state index in [1.54, 1.807) is 125 Å². The van der Waals surface area contributed by atoms with Gasteiger partial charge in [0.15, 0.2) is 12.2 Å². The van der Waals surface area contributed by atoms with Gasteiger partial charge in [0, 0.05) is 0 Å². The molecule has 292 valence electrons. The Labute approximate surface area is 330 Å². The molecule has 11 heteroatoms. The number of hydrogen-bond acceptors (Lipinski definition) is 11. The van der Waals surface area contributed by atoms with E-state index in [-0.39, 0.29) is 27.8 Å². The van der Waals surface area contributed by atoms with E-state index in [0.29, 0.717) is 0 Å². The van der Waals surface area contributed by atoms with Gasteiger partial charge in [0.05, 0.1) is 27.8 Å². The van der Waals surface area contributed by atoms with Gasteiger partial charge in [-0.05, 0) is 95.3 Å². The Kier molecular flexibility index (Phi) is 12.6. The van der Waals surface area contributed by atoms with E-state index in [1.807, 2.05) is 13.0 Å². The lowest BCUT2D eigenvalue weighted by Gasteiger charge is -2.44. The number of esters is 5. The predicted octanol–water partition coefficient (Wildman–Crippen LogP) is 7.64. The molecule has 0 radical (unpaired) electrons. The molecule has 1 aliphatic rings. The van der Waals surface area contributed by atoms with Crippen LogP contribution in [0.1, 0.15) is 79.6 Å². The van der Waals surface area contributed by atoms with Crippen LogP contribution in [0.4, 0.5) is 0 Å². The van der Waals surface area contributed by atoms with Gasteiger partial charge in [0.25, 0.3) is 0 Å². The van der Waals surface area contributed by atoms with Crippen LogP contribution in [0.3, 0.4) is 0 Å². The van der Waals surface area contributed by atoms with Crippen molar-refractivity contribution in [2.45, 2.75) is 65.3 Å². The van der Waals surface area contributed by atoms with Gasteiger partial charge < -0.3 is 28.4 Å². The third-order valence-corrected chi connectivity index (χ3v) is 9.19. The highest BCUT2D eigenvalue weighted by molar-refractivity contribution is 5.92. The molecule has 0 N–H and O–H groups in total. The summed E-state index contributed by atoms with van der Waals surface area (Å²) < 4.78 is 36.3. The highest BCUT2D eigenvalue weighted by atomic mass is 16.7. The average Bonchev–Trinajstić information content (AvgIpc) is 3.19. The van der Waals surface area contributed by atoms with Gasteiger partial charge >= 0.3 is 29.8 Å². The second-order valence-corrected chi connectivity index (χ2v) is 14.0. The van der Waals surface area contributed by atoms with Gasteiger partial charge in [-0.3, -0.25) is 0 Å². The van der Waals surface area contributed by atoms with Crippen LogP contribution in [0, 0.1) is 34.6 Å². The molecule has 11 nitrogen and oxygen atoms in total. The molecule has 0 amide bonds. The first-order chi connectivity index (χ1) is 27.3. The Balaban J connectivity index is 1.45. The Morgan fingerprint density at radius 1 is 0.421 bits per heavy atom. The minimum Gasteiger partial charge on any atom is -0.459 e. The van der Waals surface area contributed by atoms with Crippen molar-refractivity contribution in [3.8, 4) is 0 Å². The lowest BCUT2D eigenvalue weighted by Crippen LogP contribution is -2.63. The SMILES string of the molecule is Cc1cccc(C(=O)OCC2OC(OC(=O)c3cccc(C)c3)C(OC(=O)c3cccc(C)c3)C(OC(=O)c3cccc(C)c3)C2OC(=O)c2cccc(C)c2)c1. The van der Waals surface area contributed by atoms with Crippen molar-refractivity contribution in [2.75, 3.05) is 6.61 Å². The fourth-order valence-corrected chi connectivity index (χ4v) is 6.36. The zero-order valence-electron chi connectivity index (χ0n) is 32.1. The second-order valence-electron chi connectivity index (χ2n) is 14.0. The third-order valence-electron chi connectivity index (χ3n) is 9.19. The van der Waals surface area contributed by atoms with Crippen LogP contribution in [-0.4, -0.2) is 67.2 Å². The maximum Gasteiger partial charge on any atom is 0.340 e. The summed E-state index contributed by atoms with van der Waals surface area (Å²) in [5.74, 6) is -4.14. The Bertz CT molecular complexity index is 2300. The number of carbonyl (C=O) groups excluding carboxylic acids is 5. The number of aryl methyl sites for hydroxylation is 5. The fourth-order valence-electron chi connectivity index (χ4n) is 6.36. The van der Waals surface area contributed by atoms with E-state index < -0.39 is 67.2 Å². The molecule has 6 rings (SSSR count). The molecule has 0 aromatic heterocycles. The van der Waals surface area contributed by atoms with Crippen LogP contribution in [-0.2, 0) is 28.4 Å². The molecule has 1 aliphatic heterocycles. The van der Waals surface area contributed by atoms with Crippen LogP contribution >= 0.6 is 0 Å². The van der Waals surface area contributed by atoms with Gasteiger partial charge in [0.2, 0.25) is 12.4 Å². The molecule has 1 saturated heterocycles. The van der Waals surface area contributed by atoms with Crippen LogP contribution < -0.4 is 0 Å². The topological polar surface area (TPSA) is 141 Å². The average molecular weight is 771 g/mol. The lowest BCUT2D eigenvalue weighted by atomic mass is 9.97. The van der Waals surface area contributed by atoms with Crippen LogP contribution in [0.15, 0.2) is 121 Å². The zero-order chi connectivity index (χ0) is 40.6. The Hall–Kier alpha value is -6.59. The third kappa shape index (κ3) is 10.2. The van der Waals surface area contributed by atoms with Gasteiger partial charge in [-0.15, -0.1) is 0 Å². The second kappa shape index (κ2) is 17.9. The molecule has 5 unspecified atom stereocenters. The first-order valence-electron chi connectivity index (χ1n) is 18.3. The molecule has 1 fully saturated rings. The normalized spacial score (nSPS) is 18.8. The molecular weight excluding hydrogens is 728 g/mol. The monoisotopic (exact) mass is 770 g/mol. The number of benzene rings is 5. The van der Waals surface area contributed by atoms with Crippen LogP contribution in [0.2, 0.25) is 0 Å². The standard InChI is InChI=1S/C46H42O11/c1-27-11-6-16-32(21-27)41(47)52-26-37-38(54-42(48)33-17-7-12-28(2)22-33)39(55-43(49)34-18-8-13-29(3)23-34)40(56-44(50)35-19-9-14-30(4)24-35)46(53-37)57-45(51)36-20-10-15-31(5)25-36/h6-25,37-40,46H,26H2,1-5H3. The lowest BCUT2D eigenvalue weighted by molar-refractivity contribution is -0.282. The van der Waals surface area contributed by atoms with Crippen molar-refractivity contribution in [1.82, 2.24) is 0 Å². The summed E-state index contributed by atoms with van der Waals surface area (Å²) in [5, 5.41) is 0. The van der Waals surface area contributed by atoms with Gasteiger partial charge in [0.1, 0.15) is 12.7 Å². The van der Waals surface area contributed by atoms with Crippen molar-refractivity contribution in [3.05, 3.63) is 177 Å². The van der Waals surface area contributed by atoms with E-state index >= 15 is 0 Å². The summed E-state index contributed by atoms with van der Waals surface area (Å²) >= 11 is 0. The molecular formula is C46H42O11. The van der Waals surface area contributed by atoms with Crippen molar-refractivity contribution in [2.24, 2.45) is 0 Å². The minimum atomic E-state index is -1.77. The Morgan fingerprint density at radius 3 is 1.11 bits per heavy atom. The van der Waals surface area contributed by atoms with E-state index in [0.717, 1.165) is 27.8 Å². The largest absolute Gasteiger partial charge is 0.459 e. The van der Waals surface area contributed by atoms with E-state index in [4.69, 9.17) is 28.4 Å². The summed E-state index contributed by atoms with van der Waals surface area (Å²) in [7, 11) is 0. The molecule has 57 heavy (non-hydrogen) atoms. The number of carbonyl (C=O) groups is 5. The van der Waals surface area contributed by atoms with Crippen molar-refractivity contribution in [1.29, 1.82) is 0 Å². The van der Waals surface area contributed by atoms with Gasteiger partial charge in [-0.25, -0.2) is 24.0 Å². The molecule has 5 aromatic carbocycles. The maximum atomic E-state index is 14.0. The summed E-state index contributed by atoms with van der Waals surface area (Å²) in [4.78, 5) is 68.9. The first kappa shape index (κ1) is 40.1. The molecule has 0 saturated carbocycles. The fraction of sp³-hybridized carbons (Fsp3) is 0.239. The van der Waals surface area contributed by atoms with Gasteiger partial charge in [-0.1, -0.05) is 88.5 Å². The van der Waals surface area contributed by atoms with E-state index in [2.05, 4.69) is 0 Å². The van der Waals surface area contributed by atoms with Crippen LogP contribution in [0.25, 0.3) is 0 Å². The molecule has 5 aromatic rings.